The Morgan fingerprint density at radius 1 is 1.10 bits per heavy atom. The van der Waals surface area contributed by atoms with Crippen LogP contribution in [0, 0.1) is 13.8 Å². The zero-order chi connectivity index (χ0) is 21.2. The monoisotopic (exact) mass is 412 g/mol. The fourth-order valence-electron chi connectivity index (χ4n) is 3.46. The molecular formula is C23H20N6O2. The van der Waals surface area contributed by atoms with Crippen LogP contribution in [0.3, 0.4) is 0 Å². The molecule has 0 amide bonds. The van der Waals surface area contributed by atoms with Crippen LogP contribution in [0.15, 0.2) is 76.5 Å². The molecule has 5 rings (SSSR count). The number of nitrogens with zero attached hydrogens (tertiary/aromatic N) is 5. The van der Waals surface area contributed by atoms with E-state index < -0.39 is 0 Å². The molecule has 0 aliphatic heterocycles. The van der Waals surface area contributed by atoms with E-state index in [1.807, 2.05) is 48.9 Å². The number of para-hydroxylation sites is 1. The number of hydrogen-bond donors (Lipinski definition) is 1. The standard InChI is InChI=1S/C23H20N6O2/c1-15-11-21(31-28-15)19-13-26-23(27-22(19)18-7-10-30-16(18)2)25-12-17-5-3-4-6-20(17)29-9-8-24-14-29/h3-11,13-14H,12H2,1-2H3,(H,25,26,27). The molecule has 0 unspecified atom stereocenters. The van der Waals surface area contributed by atoms with Crippen LogP contribution >= 0.6 is 0 Å². The van der Waals surface area contributed by atoms with E-state index in [9.17, 15) is 0 Å². The van der Waals surface area contributed by atoms with Gasteiger partial charge in [0.05, 0.1) is 35.2 Å². The van der Waals surface area contributed by atoms with Crippen LogP contribution in [0.25, 0.3) is 28.3 Å². The molecule has 0 spiro atoms. The molecule has 0 fully saturated rings. The summed E-state index contributed by atoms with van der Waals surface area (Å²) in [4.78, 5) is 13.4. The van der Waals surface area contributed by atoms with Gasteiger partial charge in [0.2, 0.25) is 5.95 Å². The van der Waals surface area contributed by atoms with E-state index >= 15 is 0 Å². The molecule has 0 bridgehead atoms. The third-order valence-electron chi connectivity index (χ3n) is 5.01. The topological polar surface area (TPSA) is 94.8 Å². The van der Waals surface area contributed by atoms with Crippen molar-refractivity contribution in [3.05, 3.63) is 84.6 Å². The lowest BCUT2D eigenvalue weighted by molar-refractivity contribution is 0.427. The molecule has 4 heterocycles. The lowest BCUT2D eigenvalue weighted by Crippen LogP contribution is -2.07. The van der Waals surface area contributed by atoms with E-state index in [-0.39, 0.29) is 0 Å². The summed E-state index contributed by atoms with van der Waals surface area (Å²) in [6, 6.07) is 11.9. The van der Waals surface area contributed by atoms with E-state index in [1.165, 1.54) is 0 Å². The van der Waals surface area contributed by atoms with Gasteiger partial charge in [0.25, 0.3) is 0 Å². The highest BCUT2D eigenvalue weighted by Gasteiger charge is 2.18. The average molecular weight is 412 g/mol. The number of furan rings is 1. The molecule has 0 saturated heterocycles. The van der Waals surface area contributed by atoms with E-state index in [0.717, 1.165) is 39.5 Å². The van der Waals surface area contributed by atoms with Crippen LogP contribution < -0.4 is 5.32 Å². The van der Waals surface area contributed by atoms with Crippen molar-refractivity contribution < 1.29 is 8.94 Å². The van der Waals surface area contributed by atoms with Crippen LogP contribution in [0.1, 0.15) is 17.0 Å². The predicted octanol–water partition coefficient (Wildman–Crippen LogP) is 4.81. The Labute approximate surface area is 178 Å². The summed E-state index contributed by atoms with van der Waals surface area (Å²) in [5.41, 5.74) is 5.31. The molecule has 0 atom stereocenters. The Morgan fingerprint density at radius 2 is 2.00 bits per heavy atom. The molecule has 8 heteroatoms. The van der Waals surface area contributed by atoms with Gasteiger partial charge in [0, 0.05) is 36.8 Å². The van der Waals surface area contributed by atoms with E-state index in [0.29, 0.717) is 18.3 Å². The first-order valence-corrected chi connectivity index (χ1v) is 9.84. The Bertz CT molecular complexity index is 1320. The smallest absolute Gasteiger partial charge is 0.223 e. The lowest BCUT2D eigenvalue weighted by atomic mass is 10.1. The first-order valence-electron chi connectivity index (χ1n) is 9.84. The molecule has 8 nitrogen and oxygen atoms in total. The molecule has 1 aromatic carbocycles. The second-order valence-corrected chi connectivity index (χ2v) is 7.13. The van der Waals surface area contributed by atoms with Gasteiger partial charge in [-0.25, -0.2) is 15.0 Å². The summed E-state index contributed by atoms with van der Waals surface area (Å²) in [6.07, 6.45) is 8.86. The second-order valence-electron chi connectivity index (χ2n) is 7.13. The molecule has 0 aliphatic carbocycles. The van der Waals surface area contributed by atoms with Gasteiger partial charge >= 0.3 is 0 Å². The maximum atomic E-state index is 5.51. The van der Waals surface area contributed by atoms with Gasteiger partial charge in [-0.05, 0) is 31.5 Å². The fourth-order valence-corrected chi connectivity index (χ4v) is 3.46. The van der Waals surface area contributed by atoms with Crippen molar-refractivity contribution in [3.8, 4) is 28.3 Å². The van der Waals surface area contributed by atoms with Gasteiger partial charge in [-0.2, -0.15) is 0 Å². The number of aromatic nitrogens is 5. The highest BCUT2D eigenvalue weighted by atomic mass is 16.5. The molecule has 0 aliphatic rings. The summed E-state index contributed by atoms with van der Waals surface area (Å²) >= 11 is 0. The Hall–Kier alpha value is -4.20. The third kappa shape index (κ3) is 3.71. The molecule has 1 N–H and O–H groups in total. The van der Waals surface area contributed by atoms with E-state index in [2.05, 4.69) is 32.6 Å². The molecule has 31 heavy (non-hydrogen) atoms. The number of rotatable bonds is 6. The molecule has 0 saturated carbocycles. The summed E-state index contributed by atoms with van der Waals surface area (Å²) in [5, 5.41) is 7.33. The first-order chi connectivity index (χ1) is 15.2. The van der Waals surface area contributed by atoms with Gasteiger partial charge in [0.1, 0.15) is 5.76 Å². The normalized spacial score (nSPS) is 11.0. The molecule has 154 valence electrons. The second kappa shape index (κ2) is 7.91. The Morgan fingerprint density at radius 3 is 2.74 bits per heavy atom. The van der Waals surface area contributed by atoms with Crippen LogP contribution in [-0.2, 0) is 6.54 Å². The van der Waals surface area contributed by atoms with Crippen molar-refractivity contribution >= 4 is 5.95 Å². The highest BCUT2D eigenvalue weighted by Crippen LogP contribution is 2.33. The largest absolute Gasteiger partial charge is 0.469 e. The summed E-state index contributed by atoms with van der Waals surface area (Å²) < 4.78 is 13.0. The van der Waals surface area contributed by atoms with Gasteiger partial charge in [-0.15, -0.1) is 0 Å². The molecule has 4 aromatic heterocycles. The first kappa shape index (κ1) is 18.8. The lowest BCUT2D eigenvalue weighted by Gasteiger charge is -2.12. The Balaban J connectivity index is 1.48. The zero-order valence-electron chi connectivity index (χ0n) is 17.1. The molecule has 5 aromatic rings. The fraction of sp³-hybridized carbons (Fsp3) is 0.130. The van der Waals surface area contributed by atoms with Crippen LogP contribution in [0.2, 0.25) is 0 Å². The number of aryl methyl sites for hydroxylation is 2. The van der Waals surface area contributed by atoms with Crippen LogP contribution in [0.4, 0.5) is 5.95 Å². The zero-order valence-corrected chi connectivity index (χ0v) is 17.1. The number of benzene rings is 1. The minimum atomic E-state index is 0.510. The van der Waals surface area contributed by atoms with Gasteiger partial charge in [-0.1, -0.05) is 23.4 Å². The van der Waals surface area contributed by atoms with Crippen molar-refractivity contribution in [2.24, 2.45) is 0 Å². The number of imidazole rings is 1. The van der Waals surface area contributed by atoms with Gasteiger partial charge in [-0.3, -0.25) is 0 Å². The summed E-state index contributed by atoms with van der Waals surface area (Å²) in [7, 11) is 0. The average Bonchev–Trinajstić information content (AvgIpc) is 3.55. The van der Waals surface area contributed by atoms with Crippen molar-refractivity contribution in [2.45, 2.75) is 20.4 Å². The highest BCUT2D eigenvalue weighted by molar-refractivity contribution is 5.79. The van der Waals surface area contributed by atoms with Crippen molar-refractivity contribution in [2.75, 3.05) is 5.32 Å². The molecular weight excluding hydrogens is 392 g/mol. The SMILES string of the molecule is Cc1cc(-c2cnc(NCc3ccccc3-n3ccnc3)nc2-c2ccoc2C)on1. The maximum Gasteiger partial charge on any atom is 0.223 e. The maximum absolute atomic E-state index is 5.51. The quantitative estimate of drug-likeness (QED) is 0.428. The Kier molecular flexibility index (Phi) is 4.80. The summed E-state index contributed by atoms with van der Waals surface area (Å²) in [6.45, 7) is 4.34. The van der Waals surface area contributed by atoms with Crippen molar-refractivity contribution in [1.82, 2.24) is 24.7 Å². The van der Waals surface area contributed by atoms with Crippen LogP contribution in [0.5, 0.6) is 0 Å². The number of nitrogens with one attached hydrogen (secondary N) is 1. The minimum Gasteiger partial charge on any atom is -0.469 e. The number of hydrogen-bond acceptors (Lipinski definition) is 7. The van der Waals surface area contributed by atoms with Crippen molar-refractivity contribution in [1.29, 1.82) is 0 Å². The third-order valence-corrected chi connectivity index (χ3v) is 5.01. The number of anilines is 1. The minimum absolute atomic E-state index is 0.510. The predicted molar refractivity (Wildman–Crippen MR) is 116 cm³/mol. The summed E-state index contributed by atoms with van der Waals surface area (Å²) in [5.74, 6) is 1.90. The van der Waals surface area contributed by atoms with E-state index in [1.54, 1.807) is 25.0 Å². The van der Waals surface area contributed by atoms with Gasteiger partial charge < -0.3 is 18.8 Å². The van der Waals surface area contributed by atoms with Gasteiger partial charge in [0.15, 0.2) is 5.76 Å². The van der Waals surface area contributed by atoms with E-state index in [4.69, 9.17) is 13.9 Å². The molecule has 0 radical (unpaired) electrons. The van der Waals surface area contributed by atoms with Crippen molar-refractivity contribution in [3.63, 3.8) is 0 Å². The van der Waals surface area contributed by atoms with Crippen LogP contribution in [-0.4, -0.2) is 24.7 Å².